The van der Waals surface area contributed by atoms with Crippen molar-refractivity contribution in [2.45, 2.75) is 141 Å². The summed E-state index contributed by atoms with van der Waals surface area (Å²) in [7, 11) is 0. The molecule has 0 bridgehead atoms. The highest BCUT2D eigenvalue weighted by atomic mass is 16.4. The van der Waals surface area contributed by atoms with Crippen LogP contribution in [0.5, 0.6) is 0 Å². The normalized spacial score (nSPS) is 13.1. The number of carbonyl (C=O) groups is 3. The van der Waals surface area contributed by atoms with E-state index in [4.69, 9.17) is 13.1 Å². The van der Waals surface area contributed by atoms with Gasteiger partial charge in [0.2, 0.25) is 23.9 Å². The molecule has 0 aliphatic rings. The Morgan fingerprint density at radius 1 is 0.694 bits per heavy atom. The summed E-state index contributed by atoms with van der Waals surface area (Å²) in [5.41, 5.74) is 0. The van der Waals surface area contributed by atoms with Gasteiger partial charge in [-0.15, -0.1) is 0 Å². The van der Waals surface area contributed by atoms with Crippen LogP contribution < -0.4 is 10.6 Å². The fraction of sp³-hybridized carbons (Fsp3) is 0.821. The first kappa shape index (κ1) is 33.4. The molecule has 0 aromatic rings. The third kappa shape index (κ3) is 18.7. The fourth-order valence-electron chi connectivity index (χ4n) is 4.10. The monoisotopic (exact) mass is 504 g/mol. The average Bonchev–Trinajstić information content (AvgIpc) is 2.85. The minimum atomic E-state index is -1.09. The lowest BCUT2D eigenvalue weighted by molar-refractivity contribution is -0.142. The quantitative estimate of drug-likeness (QED) is 0.119. The van der Waals surface area contributed by atoms with Gasteiger partial charge in [0.1, 0.15) is 18.9 Å². The van der Waals surface area contributed by atoms with E-state index in [1.807, 2.05) is 0 Å². The zero-order valence-corrected chi connectivity index (χ0v) is 22.5. The van der Waals surface area contributed by atoms with E-state index in [0.717, 1.165) is 44.9 Å². The summed E-state index contributed by atoms with van der Waals surface area (Å²) < 4.78 is 0. The van der Waals surface area contributed by atoms with Crippen molar-refractivity contribution in [2.75, 3.05) is 6.54 Å². The molecule has 36 heavy (non-hydrogen) atoms. The molecule has 0 aliphatic carbocycles. The van der Waals surface area contributed by atoms with Crippen LogP contribution in [0.3, 0.4) is 0 Å². The molecule has 0 rings (SSSR count). The second-order valence-electron chi connectivity index (χ2n) is 9.68. The maximum Gasteiger partial charge on any atom is 0.326 e. The number of carboxylic acid groups (broad SMARTS) is 1. The summed E-state index contributed by atoms with van der Waals surface area (Å²) >= 11 is 0. The van der Waals surface area contributed by atoms with Crippen molar-refractivity contribution in [3.63, 3.8) is 0 Å². The summed E-state index contributed by atoms with van der Waals surface area (Å²) in [6, 6.07) is -1.69. The lowest BCUT2D eigenvalue weighted by atomic mass is 10.0. The summed E-state index contributed by atoms with van der Waals surface area (Å²) in [5, 5.41) is 14.8. The van der Waals surface area contributed by atoms with Gasteiger partial charge in [0.25, 0.3) is 0 Å². The highest BCUT2D eigenvalue weighted by Crippen LogP contribution is 2.14. The maximum atomic E-state index is 12.3. The van der Waals surface area contributed by atoms with E-state index in [-0.39, 0.29) is 31.2 Å². The second-order valence-corrected chi connectivity index (χ2v) is 9.68. The number of rotatable bonds is 23. The first-order valence-electron chi connectivity index (χ1n) is 13.9. The van der Waals surface area contributed by atoms with Crippen LogP contribution in [0.4, 0.5) is 0 Å². The molecule has 8 heteroatoms. The van der Waals surface area contributed by atoms with Crippen molar-refractivity contribution >= 4 is 17.8 Å². The van der Waals surface area contributed by atoms with E-state index in [1.165, 1.54) is 25.7 Å². The van der Waals surface area contributed by atoms with Crippen molar-refractivity contribution in [3.8, 4) is 0 Å². The first-order valence-corrected chi connectivity index (χ1v) is 13.9. The lowest BCUT2D eigenvalue weighted by Gasteiger charge is -2.15. The SMILES string of the molecule is [C-]#[N+][C@H](CCCCCCC)CC(=O)NCCCC[C@H](NC(=O)C[C@@H](CCCCCCC)[N+]#[C-])C(=O)O. The summed E-state index contributed by atoms with van der Waals surface area (Å²) in [6.45, 7) is 19.3. The molecule has 0 aliphatic heterocycles. The zero-order valence-electron chi connectivity index (χ0n) is 22.5. The maximum absolute atomic E-state index is 12.3. The van der Waals surface area contributed by atoms with Crippen LogP contribution in [-0.4, -0.2) is 47.6 Å². The standard InChI is InChI=1S/C28H48N4O4/c1-5-7-9-11-13-17-23(29-3)21-26(33)31-20-16-15-19-25(28(35)36)32-27(34)22-24(30-4)18-14-12-10-8-6-2/h23-25H,5-22H2,1-2H3,(H,31,33)(H,32,34)(H,35,36)/t23-,24-,25+/m1/s1. The molecule has 0 heterocycles. The van der Waals surface area contributed by atoms with Gasteiger partial charge in [-0.2, -0.15) is 0 Å². The van der Waals surface area contributed by atoms with Crippen LogP contribution in [-0.2, 0) is 14.4 Å². The molecule has 3 N–H and O–H groups in total. The molecule has 204 valence electrons. The Morgan fingerprint density at radius 3 is 1.64 bits per heavy atom. The lowest BCUT2D eigenvalue weighted by Crippen LogP contribution is -2.41. The van der Waals surface area contributed by atoms with Gasteiger partial charge in [-0.3, -0.25) is 9.59 Å². The van der Waals surface area contributed by atoms with Crippen LogP contribution in [0.15, 0.2) is 0 Å². The Hall–Kier alpha value is -2.61. The van der Waals surface area contributed by atoms with Crippen LogP contribution in [0.2, 0.25) is 0 Å². The molecule has 0 aromatic heterocycles. The van der Waals surface area contributed by atoms with E-state index in [0.29, 0.717) is 25.8 Å². The Kier molecular flexibility index (Phi) is 21.2. The van der Waals surface area contributed by atoms with Crippen LogP contribution in [0.1, 0.15) is 123 Å². The van der Waals surface area contributed by atoms with Crippen LogP contribution >= 0.6 is 0 Å². The van der Waals surface area contributed by atoms with Gasteiger partial charge < -0.3 is 25.4 Å². The van der Waals surface area contributed by atoms with Gasteiger partial charge in [0.15, 0.2) is 0 Å². The number of unbranched alkanes of at least 4 members (excludes halogenated alkanes) is 9. The zero-order chi connectivity index (χ0) is 27.0. The van der Waals surface area contributed by atoms with Crippen molar-refractivity contribution in [2.24, 2.45) is 0 Å². The molecule has 0 saturated heterocycles. The van der Waals surface area contributed by atoms with Gasteiger partial charge in [-0.05, 0) is 32.1 Å². The van der Waals surface area contributed by atoms with E-state index < -0.39 is 24.0 Å². The predicted molar refractivity (Wildman–Crippen MR) is 143 cm³/mol. The molecule has 3 atom stereocenters. The first-order chi connectivity index (χ1) is 17.4. The van der Waals surface area contributed by atoms with Crippen molar-refractivity contribution in [3.05, 3.63) is 22.8 Å². The highest BCUT2D eigenvalue weighted by Gasteiger charge is 2.23. The fourth-order valence-corrected chi connectivity index (χ4v) is 4.10. The number of nitrogens with one attached hydrogen (secondary N) is 2. The summed E-state index contributed by atoms with van der Waals surface area (Å²) in [4.78, 5) is 43.1. The molecule has 0 radical (unpaired) electrons. The number of carboxylic acids is 1. The second kappa shape index (κ2) is 22.8. The minimum Gasteiger partial charge on any atom is -0.480 e. The highest BCUT2D eigenvalue weighted by molar-refractivity contribution is 5.83. The van der Waals surface area contributed by atoms with Gasteiger partial charge in [-0.1, -0.05) is 65.2 Å². The molecular formula is C28H48N4O4. The van der Waals surface area contributed by atoms with Crippen molar-refractivity contribution in [1.82, 2.24) is 10.6 Å². The largest absolute Gasteiger partial charge is 0.480 e. The number of hydrogen-bond acceptors (Lipinski definition) is 3. The third-order valence-electron chi connectivity index (χ3n) is 6.36. The topological polar surface area (TPSA) is 104 Å². The molecule has 2 amide bonds. The van der Waals surface area contributed by atoms with Gasteiger partial charge in [0.05, 0.1) is 0 Å². The predicted octanol–water partition coefficient (Wildman–Crippen LogP) is 5.92. The number of amides is 2. The molecule has 0 fully saturated rings. The number of nitrogens with zero attached hydrogens (tertiary/aromatic N) is 2. The Balaban J connectivity index is 4.18. The number of hydrogen-bond donors (Lipinski definition) is 3. The van der Waals surface area contributed by atoms with Crippen molar-refractivity contribution in [1.29, 1.82) is 0 Å². The minimum absolute atomic E-state index is 0.0257. The Morgan fingerprint density at radius 2 is 1.17 bits per heavy atom. The molecule has 8 nitrogen and oxygen atoms in total. The molecule has 0 unspecified atom stereocenters. The molecule has 0 saturated carbocycles. The smallest absolute Gasteiger partial charge is 0.326 e. The average molecular weight is 505 g/mol. The van der Waals surface area contributed by atoms with E-state index in [2.05, 4.69) is 34.2 Å². The molecule has 0 spiro atoms. The summed E-state index contributed by atoms with van der Waals surface area (Å²) in [6.07, 6.45) is 14.1. The van der Waals surface area contributed by atoms with Gasteiger partial charge >= 0.3 is 5.97 Å². The van der Waals surface area contributed by atoms with Crippen LogP contribution in [0.25, 0.3) is 9.69 Å². The van der Waals surface area contributed by atoms with E-state index in [1.54, 1.807) is 0 Å². The Bertz CT molecular complexity index is 699. The Labute approximate surface area is 218 Å². The van der Waals surface area contributed by atoms with Crippen molar-refractivity contribution < 1.29 is 19.5 Å². The number of aliphatic carboxylic acids is 1. The van der Waals surface area contributed by atoms with E-state index in [9.17, 15) is 19.5 Å². The summed E-state index contributed by atoms with van der Waals surface area (Å²) in [5.74, 6) is -1.64. The molecular weight excluding hydrogens is 456 g/mol. The van der Waals surface area contributed by atoms with Gasteiger partial charge in [-0.25, -0.2) is 17.9 Å². The number of carbonyl (C=O) groups excluding carboxylic acids is 2. The molecule has 0 aromatic carbocycles. The third-order valence-corrected chi connectivity index (χ3v) is 6.36. The van der Waals surface area contributed by atoms with Gasteiger partial charge in [0, 0.05) is 19.4 Å². The van der Waals surface area contributed by atoms with Crippen LogP contribution in [0, 0.1) is 13.1 Å². The van der Waals surface area contributed by atoms with E-state index >= 15 is 0 Å².